The van der Waals surface area contributed by atoms with Gasteiger partial charge >= 0.3 is 0 Å². The normalized spacial score (nSPS) is 12.7. The maximum absolute atomic E-state index is 5.88. The van der Waals surface area contributed by atoms with Crippen molar-refractivity contribution in [3.05, 3.63) is 28.2 Å². The van der Waals surface area contributed by atoms with E-state index >= 15 is 0 Å². The zero-order valence-corrected chi connectivity index (χ0v) is 11.0. The molecule has 3 N–H and O–H groups in total. The molecule has 0 aliphatic heterocycles. The van der Waals surface area contributed by atoms with Gasteiger partial charge in [-0.05, 0) is 39.0 Å². The maximum Gasteiger partial charge on any atom is 0.193 e. The van der Waals surface area contributed by atoms with Gasteiger partial charge in [0.25, 0.3) is 0 Å². The van der Waals surface area contributed by atoms with E-state index in [9.17, 15) is 0 Å². The van der Waals surface area contributed by atoms with Gasteiger partial charge in [-0.25, -0.2) is 4.99 Å². The average molecular weight is 260 g/mol. The molecule has 1 aromatic carbocycles. The largest absolute Gasteiger partial charge is 0.370 e. The number of hydrogen-bond donors (Lipinski definition) is 2. The summed E-state index contributed by atoms with van der Waals surface area (Å²) in [5.74, 6) is 0.353. The van der Waals surface area contributed by atoms with E-state index in [0.29, 0.717) is 16.0 Å². The lowest BCUT2D eigenvalue weighted by molar-refractivity contribution is 0.583. The van der Waals surface area contributed by atoms with Gasteiger partial charge in [-0.1, -0.05) is 23.2 Å². The summed E-state index contributed by atoms with van der Waals surface area (Å²) in [4.78, 5) is 4.26. The molecule has 1 aromatic rings. The van der Waals surface area contributed by atoms with Gasteiger partial charge in [0.1, 0.15) is 0 Å². The third-order valence-electron chi connectivity index (χ3n) is 1.65. The van der Waals surface area contributed by atoms with Crippen LogP contribution >= 0.6 is 23.2 Å². The lowest BCUT2D eigenvalue weighted by Gasteiger charge is -2.14. The molecule has 0 bridgehead atoms. The molecule has 0 fully saturated rings. The molecule has 0 heterocycles. The summed E-state index contributed by atoms with van der Waals surface area (Å²) in [5, 5.41) is 3.95. The summed E-state index contributed by atoms with van der Waals surface area (Å²) in [5.41, 5.74) is 6.29. The fourth-order valence-corrected chi connectivity index (χ4v) is 1.41. The Bertz CT molecular complexity index is 408. The molecule has 0 atom stereocenters. The van der Waals surface area contributed by atoms with Crippen LogP contribution in [0.4, 0.5) is 5.69 Å². The zero-order valence-electron chi connectivity index (χ0n) is 9.51. The van der Waals surface area contributed by atoms with Crippen LogP contribution in [0.3, 0.4) is 0 Å². The van der Waals surface area contributed by atoms with E-state index in [1.54, 1.807) is 18.2 Å². The molecule has 0 amide bonds. The molecule has 0 aromatic heterocycles. The lowest BCUT2D eigenvalue weighted by Crippen LogP contribution is -2.27. The molecule has 0 unspecified atom stereocenters. The first kappa shape index (κ1) is 13.1. The van der Waals surface area contributed by atoms with Gasteiger partial charge in [0.2, 0.25) is 0 Å². The SMILES string of the molecule is CC(C)(C)N=C(N)Nc1ccc(Cl)c(Cl)c1. The minimum atomic E-state index is -0.215. The number of hydrogen-bond acceptors (Lipinski definition) is 1. The van der Waals surface area contributed by atoms with Crippen LogP contribution in [0.15, 0.2) is 23.2 Å². The number of nitrogens with zero attached hydrogens (tertiary/aromatic N) is 1. The minimum absolute atomic E-state index is 0.215. The number of aliphatic imine (C=N–C) groups is 1. The van der Waals surface area contributed by atoms with Crippen molar-refractivity contribution in [2.45, 2.75) is 26.3 Å². The molecule has 0 spiro atoms. The first-order valence-corrected chi connectivity index (χ1v) is 5.61. The average Bonchev–Trinajstić information content (AvgIpc) is 2.08. The summed E-state index contributed by atoms with van der Waals surface area (Å²) in [7, 11) is 0. The van der Waals surface area contributed by atoms with Crippen molar-refractivity contribution >= 4 is 34.8 Å². The second kappa shape index (κ2) is 4.93. The van der Waals surface area contributed by atoms with Gasteiger partial charge in [0, 0.05) is 5.69 Å². The summed E-state index contributed by atoms with van der Waals surface area (Å²) >= 11 is 11.7. The molecule has 1 rings (SSSR count). The van der Waals surface area contributed by atoms with Gasteiger partial charge in [0.15, 0.2) is 5.96 Å². The number of rotatable bonds is 1. The Morgan fingerprint density at radius 2 is 1.88 bits per heavy atom. The van der Waals surface area contributed by atoms with Crippen LogP contribution in [0, 0.1) is 0 Å². The van der Waals surface area contributed by atoms with Crippen molar-refractivity contribution in [1.29, 1.82) is 0 Å². The molecular weight excluding hydrogens is 245 g/mol. The van der Waals surface area contributed by atoms with E-state index in [1.165, 1.54) is 0 Å². The van der Waals surface area contributed by atoms with Crippen LogP contribution in [-0.4, -0.2) is 11.5 Å². The zero-order chi connectivity index (χ0) is 12.3. The molecule has 0 aliphatic carbocycles. The number of nitrogens with one attached hydrogen (secondary N) is 1. The van der Waals surface area contributed by atoms with E-state index in [0.717, 1.165) is 5.69 Å². The van der Waals surface area contributed by atoms with Gasteiger partial charge in [0.05, 0.1) is 15.6 Å². The third-order valence-corrected chi connectivity index (χ3v) is 2.39. The number of halogens is 2. The van der Waals surface area contributed by atoms with Crippen molar-refractivity contribution in [2.75, 3.05) is 5.32 Å². The minimum Gasteiger partial charge on any atom is -0.370 e. The van der Waals surface area contributed by atoms with Crippen LogP contribution in [0.5, 0.6) is 0 Å². The van der Waals surface area contributed by atoms with Crippen LogP contribution < -0.4 is 11.1 Å². The Morgan fingerprint density at radius 1 is 1.25 bits per heavy atom. The third kappa shape index (κ3) is 4.29. The second-order valence-corrected chi connectivity index (χ2v) is 5.24. The highest BCUT2D eigenvalue weighted by Gasteiger charge is 2.08. The molecule has 0 radical (unpaired) electrons. The smallest absolute Gasteiger partial charge is 0.193 e. The highest BCUT2D eigenvalue weighted by atomic mass is 35.5. The summed E-state index contributed by atoms with van der Waals surface area (Å²) < 4.78 is 0. The van der Waals surface area contributed by atoms with Crippen molar-refractivity contribution in [3.8, 4) is 0 Å². The van der Waals surface area contributed by atoms with E-state index in [4.69, 9.17) is 28.9 Å². The Hall–Kier alpha value is -0.930. The second-order valence-electron chi connectivity index (χ2n) is 4.42. The molecule has 3 nitrogen and oxygen atoms in total. The molecule has 88 valence electrons. The number of guanidine groups is 1. The standard InChI is InChI=1S/C11H15Cl2N3/c1-11(2,3)16-10(14)15-7-4-5-8(12)9(13)6-7/h4-6H,1-3H3,(H3,14,15,16). The Balaban J connectivity index is 2.81. The van der Waals surface area contributed by atoms with Crippen LogP contribution in [0.2, 0.25) is 10.0 Å². The first-order chi connectivity index (χ1) is 7.28. The molecular formula is C11H15Cl2N3. The van der Waals surface area contributed by atoms with E-state index in [-0.39, 0.29) is 5.54 Å². The summed E-state index contributed by atoms with van der Waals surface area (Å²) in [6.45, 7) is 5.91. The van der Waals surface area contributed by atoms with Crippen LogP contribution in [-0.2, 0) is 0 Å². The predicted octanol–water partition coefficient (Wildman–Crippen LogP) is 3.52. The van der Waals surface area contributed by atoms with Gasteiger partial charge < -0.3 is 11.1 Å². The van der Waals surface area contributed by atoms with Crippen molar-refractivity contribution in [3.63, 3.8) is 0 Å². The number of anilines is 1. The van der Waals surface area contributed by atoms with E-state index in [2.05, 4.69) is 10.3 Å². The summed E-state index contributed by atoms with van der Waals surface area (Å²) in [6, 6.07) is 5.20. The lowest BCUT2D eigenvalue weighted by atomic mass is 10.1. The van der Waals surface area contributed by atoms with Crippen LogP contribution in [0.1, 0.15) is 20.8 Å². The number of benzene rings is 1. The maximum atomic E-state index is 5.88. The molecule has 0 aliphatic rings. The van der Waals surface area contributed by atoms with Gasteiger partial charge in [-0.2, -0.15) is 0 Å². The van der Waals surface area contributed by atoms with Crippen LogP contribution in [0.25, 0.3) is 0 Å². The van der Waals surface area contributed by atoms with Crippen molar-refractivity contribution in [2.24, 2.45) is 10.7 Å². The number of nitrogens with two attached hydrogens (primary N) is 1. The fraction of sp³-hybridized carbons (Fsp3) is 0.364. The molecule has 0 saturated heterocycles. The highest BCUT2D eigenvalue weighted by Crippen LogP contribution is 2.24. The van der Waals surface area contributed by atoms with E-state index in [1.807, 2.05) is 20.8 Å². The quantitative estimate of drug-likeness (QED) is 0.599. The Kier molecular flexibility index (Phi) is 4.05. The highest BCUT2D eigenvalue weighted by molar-refractivity contribution is 6.42. The Morgan fingerprint density at radius 3 is 2.38 bits per heavy atom. The predicted molar refractivity (Wildman–Crippen MR) is 71.5 cm³/mol. The summed E-state index contributed by atoms with van der Waals surface area (Å²) in [6.07, 6.45) is 0. The Labute approximate surface area is 106 Å². The van der Waals surface area contributed by atoms with Crippen molar-refractivity contribution < 1.29 is 0 Å². The first-order valence-electron chi connectivity index (χ1n) is 4.85. The molecule has 5 heteroatoms. The van der Waals surface area contributed by atoms with E-state index < -0.39 is 0 Å². The molecule has 0 saturated carbocycles. The van der Waals surface area contributed by atoms with Gasteiger partial charge in [-0.15, -0.1) is 0 Å². The fourth-order valence-electron chi connectivity index (χ4n) is 1.11. The van der Waals surface area contributed by atoms with Crippen molar-refractivity contribution in [1.82, 2.24) is 0 Å². The van der Waals surface area contributed by atoms with Gasteiger partial charge in [-0.3, -0.25) is 0 Å². The molecule has 16 heavy (non-hydrogen) atoms. The monoisotopic (exact) mass is 259 g/mol. The topological polar surface area (TPSA) is 50.4 Å².